The third-order valence-corrected chi connectivity index (χ3v) is 2.94. The van der Waals surface area contributed by atoms with Crippen molar-refractivity contribution in [3.63, 3.8) is 0 Å². The molecule has 102 valence electrons. The van der Waals surface area contributed by atoms with Crippen LogP contribution in [0.25, 0.3) is 0 Å². The molecule has 18 heavy (non-hydrogen) atoms. The molecule has 0 aliphatic rings. The van der Waals surface area contributed by atoms with Crippen LogP contribution in [0.5, 0.6) is 0 Å². The zero-order valence-corrected chi connectivity index (χ0v) is 12.6. The van der Waals surface area contributed by atoms with Gasteiger partial charge in [0.2, 0.25) is 0 Å². The zero-order chi connectivity index (χ0) is 13.6. The van der Waals surface area contributed by atoms with Crippen LogP contribution in [0.3, 0.4) is 0 Å². The van der Waals surface area contributed by atoms with Gasteiger partial charge in [-0.15, -0.1) is 0 Å². The number of rotatable bonds is 6. The lowest BCUT2D eigenvalue weighted by molar-refractivity contribution is 0.0487. The van der Waals surface area contributed by atoms with E-state index in [1.165, 1.54) is 0 Å². The number of hydrogen-bond donors (Lipinski definition) is 1. The van der Waals surface area contributed by atoms with Crippen LogP contribution in [0.2, 0.25) is 5.02 Å². The molecule has 0 bridgehead atoms. The van der Waals surface area contributed by atoms with Gasteiger partial charge in [0, 0.05) is 29.3 Å². The standard InChI is InChI=1S/C15H24ClNO/c1-5-10-18-14(11-17-15(2,3)4)12-8-6-7-9-13(12)16/h6-9,14,17H,5,10-11H2,1-4H3. The third kappa shape index (κ3) is 5.38. The van der Waals surface area contributed by atoms with E-state index in [9.17, 15) is 0 Å². The summed E-state index contributed by atoms with van der Waals surface area (Å²) >= 11 is 6.24. The fraction of sp³-hybridized carbons (Fsp3) is 0.600. The molecular formula is C15H24ClNO. The molecule has 3 heteroatoms. The lowest BCUT2D eigenvalue weighted by Crippen LogP contribution is -2.39. The Kier molecular flexibility index (Phi) is 6.13. The number of ether oxygens (including phenoxy) is 1. The van der Waals surface area contributed by atoms with Gasteiger partial charge in [-0.05, 0) is 33.3 Å². The van der Waals surface area contributed by atoms with Crippen molar-refractivity contribution < 1.29 is 4.74 Å². The molecule has 1 unspecified atom stereocenters. The Bertz CT molecular complexity index is 360. The molecule has 2 nitrogen and oxygen atoms in total. The molecule has 0 heterocycles. The van der Waals surface area contributed by atoms with Gasteiger partial charge in [0.1, 0.15) is 0 Å². The largest absolute Gasteiger partial charge is 0.372 e. The summed E-state index contributed by atoms with van der Waals surface area (Å²) in [5.74, 6) is 0. The number of benzene rings is 1. The van der Waals surface area contributed by atoms with Crippen LogP contribution in [-0.2, 0) is 4.74 Å². The lowest BCUT2D eigenvalue weighted by Gasteiger charge is -2.26. The molecule has 0 saturated heterocycles. The molecule has 0 spiro atoms. The molecule has 1 aromatic carbocycles. The van der Waals surface area contributed by atoms with Gasteiger partial charge in [0.25, 0.3) is 0 Å². The third-order valence-electron chi connectivity index (χ3n) is 2.59. The van der Waals surface area contributed by atoms with E-state index in [-0.39, 0.29) is 11.6 Å². The quantitative estimate of drug-likeness (QED) is 0.836. The summed E-state index contributed by atoms with van der Waals surface area (Å²) in [4.78, 5) is 0. The summed E-state index contributed by atoms with van der Waals surface area (Å²) in [5.41, 5.74) is 1.14. The SMILES string of the molecule is CCCOC(CNC(C)(C)C)c1ccccc1Cl. The Morgan fingerprint density at radius 2 is 1.94 bits per heavy atom. The van der Waals surface area contributed by atoms with Crippen LogP contribution >= 0.6 is 11.6 Å². The summed E-state index contributed by atoms with van der Waals surface area (Å²) in [5, 5.41) is 4.25. The summed E-state index contributed by atoms with van der Waals surface area (Å²) in [6.07, 6.45) is 1.02. The molecule has 0 amide bonds. The Labute approximate surface area is 116 Å². The van der Waals surface area contributed by atoms with E-state index in [2.05, 4.69) is 33.0 Å². The Balaban J connectivity index is 2.75. The first kappa shape index (κ1) is 15.5. The summed E-state index contributed by atoms with van der Waals surface area (Å²) in [7, 11) is 0. The topological polar surface area (TPSA) is 21.3 Å². The maximum atomic E-state index is 6.24. The van der Waals surface area contributed by atoms with E-state index in [4.69, 9.17) is 16.3 Å². The van der Waals surface area contributed by atoms with E-state index < -0.39 is 0 Å². The van der Waals surface area contributed by atoms with Gasteiger partial charge in [0.05, 0.1) is 6.10 Å². The van der Waals surface area contributed by atoms with Crippen LogP contribution in [0, 0.1) is 0 Å². The van der Waals surface area contributed by atoms with Crippen LogP contribution in [-0.4, -0.2) is 18.7 Å². The van der Waals surface area contributed by atoms with Gasteiger partial charge in [-0.2, -0.15) is 0 Å². The maximum absolute atomic E-state index is 6.24. The first-order chi connectivity index (χ1) is 8.44. The fourth-order valence-electron chi connectivity index (χ4n) is 1.65. The molecular weight excluding hydrogens is 246 g/mol. The Hall–Kier alpha value is -0.570. The molecule has 1 rings (SSSR count). The minimum absolute atomic E-state index is 0.0119. The van der Waals surface area contributed by atoms with Crippen LogP contribution in [0.15, 0.2) is 24.3 Å². The van der Waals surface area contributed by atoms with Crippen LogP contribution in [0.1, 0.15) is 45.8 Å². The second-order valence-corrected chi connectivity index (χ2v) is 5.92. The molecule has 0 fully saturated rings. The number of hydrogen-bond acceptors (Lipinski definition) is 2. The first-order valence-corrected chi connectivity index (χ1v) is 6.93. The lowest BCUT2D eigenvalue weighted by atomic mass is 10.1. The van der Waals surface area contributed by atoms with Gasteiger partial charge >= 0.3 is 0 Å². The summed E-state index contributed by atoms with van der Waals surface area (Å²) in [6.45, 7) is 10.1. The fourth-order valence-corrected chi connectivity index (χ4v) is 1.91. The van der Waals surface area contributed by atoms with Crippen molar-refractivity contribution in [1.82, 2.24) is 5.32 Å². The highest BCUT2D eigenvalue weighted by Gasteiger charge is 2.18. The van der Waals surface area contributed by atoms with Gasteiger partial charge < -0.3 is 10.1 Å². The molecule has 1 aromatic rings. The van der Waals surface area contributed by atoms with E-state index in [0.29, 0.717) is 0 Å². The Morgan fingerprint density at radius 1 is 1.28 bits per heavy atom. The molecule has 0 aromatic heterocycles. The average Bonchev–Trinajstić information content (AvgIpc) is 2.29. The molecule has 0 aliphatic heterocycles. The number of nitrogens with one attached hydrogen (secondary N) is 1. The van der Waals surface area contributed by atoms with Gasteiger partial charge in [-0.3, -0.25) is 0 Å². The average molecular weight is 270 g/mol. The van der Waals surface area contributed by atoms with E-state index in [1.54, 1.807) is 0 Å². The van der Waals surface area contributed by atoms with Crippen molar-refractivity contribution in [1.29, 1.82) is 0 Å². The van der Waals surface area contributed by atoms with Crippen LogP contribution < -0.4 is 5.32 Å². The van der Waals surface area contributed by atoms with Gasteiger partial charge in [0.15, 0.2) is 0 Å². The number of halogens is 1. The Morgan fingerprint density at radius 3 is 2.50 bits per heavy atom. The van der Waals surface area contributed by atoms with Gasteiger partial charge in [-0.1, -0.05) is 36.7 Å². The first-order valence-electron chi connectivity index (χ1n) is 6.55. The highest BCUT2D eigenvalue weighted by Crippen LogP contribution is 2.25. The molecule has 0 aliphatic carbocycles. The molecule has 1 N–H and O–H groups in total. The van der Waals surface area contributed by atoms with Crippen molar-refractivity contribution in [3.8, 4) is 0 Å². The minimum Gasteiger partial charge on any atom is -0.372 e. The smallest absolute Gasteiger partial charge is 0.0963 e. The monoisotopic (exact) mass is 269 g/mol. The van der Waals surface area contributed by atoms with E-state index >= 15 is 0 Å². The summed E-state index contributed by atoms with van der Waals surface area (Å²) in [6, 6.07) is 7.89. The minimum atomic E-state index is 0.0119. The second-order valence-electron chi connectivity index (χ2n) is 5.51. The highest BCUT2D eigenvalue weighted by molar-refractivity contribution is 6.31. The summed E-state index contributed by atoms with van der Waals surface area (Å²) < 4.78 is 5.91. The highest BCUT2D eigenvalue weighted by atomic mass is 35.5. The van der Waals surface area contributed by atoms with Crippen molar-refractivity contribution in [2.45, 2.75) is 45.8 Å². The second kappa shape index (κ2) is 7.13. The molecule has 0 saturated carbocycles. The zero-order valence-electron chi connectivity index (χ0n) is 11.8. The van der Waals surface area contributed by atoms with Gasteiger partial charge in [-0.25, -0.2) is 0 Å². The predicted octanol–water partition coefficient (Wildman–Crippen LogP) is 4.20. The molecule has 1 atom stereocenters. The maximum Gasteiger partial charge on any atom is 0.0963 e. The van der Waals surface area contributed by atoms with E-state index in [0.717, 1.165) is 30.2 Å². The normalized spacial score (nSPS) is 13.6. The van der Waals surface area contributed by atoms with Crippen molar-refractivity contribution in [2.75, 3.05) is 13.2 Å². The predicted molar refractivity (Wildman–Crippen MR) is 78.2 cm³/mol. The van der Waals surface area contributed by atoms with Crippen LogP contribution in [0.4, 0.5) is 0 Å². The van der Waals surface area contributed by atoms with Crippen molar-refractivity contribution in [2.24, 2.45) is 0 Å². The van der Waals surface area contributed by atoms with Crippen molar-refractivity contribution >= 4 is 11.6 Å². The van der Waals surface area contributed by atoms with Crippen molar-refractivity contribution in [3.05, 3.63) is 34.9 Å². The van der Waals surface area contributed by atoms with E-state index in [1.807, 2.05) is 24.3 Å². The molecule has 0 radical (unpaired) electrons.